The smallest absolute Gasteiger partial charge is 0.171 e. The highest BCUT2D eigenvalue weighted by Crippen LogP contribution is 2.23. The number of aliphatic hydroxyl groups is 1. The maximum Gasteiger partial charge on any atom is 0.171 e. The van der Waals surface area contributed by atoms with Crippen molar-refractivity contribution in [2.75, 3.05) is 13.2 Å². The van der Waals surface area contributed by atoms with Gasteiger partial charge in [-0.3, -0.25) is 0 Å². The van der Waals surface area contributed by atoms with Crippen LogP contribution < -0.4 is 10.5 Å². The van der Waals surface area contributed by atoms with Gasteiger partial charge >= 0.3 is 0 Å². The van der Waals surface area contributed by atoms with E-state index in [-0.39, 0.29) is 12.4 Å². The fraction of sp³-hybridized carbons (Fsp3) is 0.300. The van der Waals surface area contributed by atoms with Gasteiger partial charge in [-0.25, -0.2) is 0 Å². The van der Waals surface area contributed by atoms with Crippen LogP contribution in [0.3, 0.4) is 0 Å². The molecule has 0 saturated carbocycles. The number of amidine groups is 1. The quantitative estimate of drug-likeness (QED) is 0.251. The molecule has 1 aromatic rings. The van der Waals surface area contributed by atoms with E-state index in [2.05, 4.69) is 21.1 Å². The van der Waals surface area contributed by atoms with Gasteiger partial charge in [0.05, 0.1) is 6.61 Å². The van der Waals surface area contributed by atoms with Gasteiger partial charge < -0.3 is 20.8 Å². The first-order valence-electron chi connectivity index (χ1n) is 4.70. The molecule has 88 valence electrons. The Hall–Kier alpha value is -1.27. The van der Waals surface area contributed by atoms with Crippen molar-refractivity contribution in [3.63, 3.8) is 0 Å². The summed E-state index contributed by atoms with van der Waals surface area (Å²) in [6, 6.07) is 5.13. The van der Waals surface area contributed by atoms with Crippen molar-refractivity contribution in [1.82, 2.24) is 0 Å². The molecule has 1 aromatic carbocycles. The van der Waals surface area contributed by atoms with Crippen LogP contribution in [0.2, 0.25) is 0 Å². The number of rotatable bonds is 5. The van der Waals surface area contributed by atoms with Crippen LogP contribution in [0.25, 0.3) is 0 Å². The molecule has 6 heteroatoms. The van der Waals surface area contributed by atoms with Crippen LogP contribution >= 0.6 is 15.9 Å². The molecule has 0 aliphatic rings. The van der Waals surface area contributed by atoms with Gasteiger partial charge in [0.2, 0.25) is 0 Å². The van der Waals surface area contributed by atoms with Crippen molar-refractivity contribution >= 4 is 21.8 Å². The molecule has 16 heavy (non-hydrogen) atoms. The SMILES string of the molecule is N/C(=N/O)c1ccc(OCCCO)cc1Br. The van der Waals surface area contributed by atoms with Gasteiger partial charge in [-0.15, -0.1) is 0 Å². The van der Waals surface area contributed by atoms with Crippen LogP contribution in [-0.4, -0.2) is 29.4 Å². The standard InChI is InChI=1S/C10H13BrN2O3/c11-9-6-7(16-5-1-4-14)2-3-8(9)10(12)13-15/h2-3,6,14-15H,1,4-5H2,(H2,12,13). The van der Waals surface area contributed by atoms with Gasteiger partial charge in [0.25, 0.3) is 0 Å². The highest BCUT2D eigenvalue weighted by Gasteiger charge is 2.06. The van der Waals surface area contributed by atoms with Gasteiger partial charge in [-0.1, -0.05) is 5.16 Å². The Kier molecular flexibility index (Phi) is 5.07. The largest absolute Gasteiger partial charge is 0.493 e. The number of nitrogens with zero attached hydrogens (tertiary/aromatic N) is 1. The molecule has 4 N–H and O–H groups in total. The molecular formula is C10H13BrN2O3. The van der Waals surface area contributed by atoms with E-state index in [1.54, 1.807) is 18.2 Å². The third-order valence-electron chi connectivity index (χ3n) is 1.90. The molecule has 0 heterocycles. The molecular weight excluding hydrogens is 276 g/mol. The number of ether oxygens (including phenoxy) is 1. The third-order valence-corrected chi connectivity index (χ3v) is 2.55. The van der Waals surface area contributed by atoms with E-state index < -0.39 is 0 Å². The van der Waals surface area contributed by atoms with Crippen LogP contribution in [0.1, 0.15) is 12.0 Å². The Balaban J connectivity index is 2.75. The molecule has 5 nitrogen and oxygen atoms in total. The molecule has 0 bridgehead atoms. The van der Waals surface area contributed by atoms with Crippen LogP contribution in [0, 0.1) is 0 Å². The first-order valence-corrected chi connectivity index (χ1v) is 5.49. The molecule has 0 aliphatic heterocycles. The fourth-order valence-corrected chi connectivity index (χ4v) is 1.66. The summed E-state index contributed by atoms with van der Waals surface area (Å²) in [6.45, 7) is 0.551. The summed E-state index contributed by atoms with van der Waals surface area (Å²) in [5.41, 5.74) is 6.06. The van der Waals surface area contributed by atoms with Crippen molar-refractivity contribution < 1.29 is 15.1 Å². The number of hydrogen-bond donors (Lipinski definition) is 3. The minimum atomic E-state index is 0.0359. The Labute approximate surface area is 102 Å². The highest BCUT2D eigenvalue weighted by atomic mass is 79.9. The lowest BCUT2D eigenvalue weighted by Crippen LogP contribution is -2.13. The first-order chi connectivity index (χ1) is 7.69. The second-order valence-electron chi connectivity index (χ2n) is 3.05. The van der Waals surface area contributed by atoms with E-state index >= 15 is 0 Å². The van der Waals surface area contributed by atoms with Crippen LogP contribution in [0.5, 0.6) is 5.75 Å². The fourth-order valence-electron chi connectivity index (χ4n) is 1.10. The molecule has 0 unspecified atom stereocenters. The Morgan fingerprint density at radius 3 is 2.81 bits per heavy atom. The second-order valence-corrected chi connectivity index (χ2v) is 3.91. The molecule has 0 fully saturated rings. The second kappa shape index (κ2) is 6.34. The number of aliphatic hydroxyl groups excluding tert-OH is 1. The van der Waals surface area contributed by atoms with E-state index in [1.807, 2.05) is 0 Å². The lowest BCUT2D eigenvalue weighted by Gasteiger charge is -2.07. The van der Waals surface area contributed by atoms with Crippen LogP contribution in [-0.2, 0) is 0 Å². The summed E-state index contributed by atoms with van der Waals surface area (Å²) in [4.78, 5) is 0. The maximum absolute atomic E-state index is 8.60. The average molecular weight is 289 g/mol. The van der Waals surface area contributed by atoms with E-state index in [1.165, 1.54) is 0 Å². The van der Waals surface area contributed by atoms with E-state index in [9.17, 15) is 0 Å². The molecule has 0 aliphatic carbocycles. The van der Waals surface area contributed by atoms with Gasteiger partial charge in [-0.2, -0.15) is 0 Å². The minimum Gasteiger partial charge on any atom is -0.493 e. The Morgan fingerprint density at radius 2 is 2.25 bits per heavy atom. The zero-order chi connectivity index (χ0) is 12.0. The van der Waals surface area contributed by atoms with Gasteiger partial charge in [0, 0.05) is 23.1 Å². The van der Waals surface area contributed by atoms with Gasteiger partial charge in [0.1, 0.15) is 5.75 Å². The summed E-state index contributed by atoms with van der Waals surface area (Å²) in [7, 11) is 0. The number of oxime groups is 1. The first kappa shape index (κ1) is 12.8. The Morgan fingerprint density at radius 1 is 1.50 bits per heavy atom. The van der Waals surface area contributed by atoms with Crippen molar-refractivity contribution in [3.05, 3.63) is 28.2 Å². The van der Waals surface area contributed by atoms with E-state index in [0.717, 1.165) is 0 Å². The van der Waals surface area contributed by atoms with Crippen LogP contribution in [0.15, 0.2) is 27.8 Å². The number of hydrogen-bond acceptors (Lipinski definition) is 4. The summed E-state index contributed by atoms with van der Waals surface area (Å²) in [5, 5.41) is 20.1. The number of benzene rings is 1. The highest BCUT2D eigenvalue weighted by molar-refractivity contribution is 9.10. The molecule has 0 saturated heterocycles. The predicted molar refractivity (Wildman–Crippen MR) is 63.9 cm³/mol. The summed E-state index contributed by atoms with van der Waals surface area (Å²) in [6.07, 6.45) is 0.583. The van der Waals surface area contributed by atoms with Crippen molar-refractivity contribution in [1.29, 1.82) is 0 Å². The van der Waals surface area contributed by atoms with Crippen molar-refractivity contribution in [3.8, 4) is 5.75 Å². The molecule has 0 atom stereocenters. The summed E-state index contributed by atoms with van der Waals surface area (Å²) in [5.74, 6) is 0.698. The van der Waals surface area contributed by atoms with Gasteiger partial charge in [0.15, 0.2) is 5.84 Å². The molecule has 1 rings (SSSR count). The molecule has 0 radical (unpaired) electrons. The molecule has 0 spiro atoms. The maximum atomic E-state index is 8.60. The molecule has 0 aromatic heterocycles. The number of halogens is 1. The zero-order valence-corrected chi connectivity index (χ0v) is 10.1. The monoisotopic (exact) mass is 288 g/mol. The summed E-state index contributed by atoms with van der Waals surface area (Å²) >= 11 is 3.30. The van der Waals surface area contributed by atoms with Crippen molar-refractivity contribution in [2.24, 2.45) is 10.9 Å². The third kappa shape index (κ3) is 3.39. The topological polar surface area (TPSA) is 88.1 Å². The average Bonchev–Trinajstić information content (AvgIpc) is 2.29. The Bertz CT molecular complexity index is 382. The minimum absolute atomic E-state index is 0.0359. The zero-order valence-electron chi connectivity index (χ0n) is 8.56. The van der Waals surface area contributed by atoms with Crippen LogP contribution in [0.4, 0.5) is 0 Å². The predicted octanol–water partition coefficient (Wildman–Crippen LogP) is 1.30. The van der Waals surface area contributed by atoms with E-state index in [0.29, 0.717) is 28.8 Å². The summed E-state index contributed by atoms with van der Waals surface area (Å²) < 4.78 is 6.05. The normalized spacial score (nSPS) is 11.5. The van der Waals surface area contributed by atoms with E-state index in [4.69, 9.17) is 20.8 Å². The lowest BCUT2D eigenvalue weighted by molar-refractivity contribution is 0.233. The lowest BCUT2D eigenvalue weighted by atomic mass is 10.2. The van der Waals surface area contributed by atoms with Gasteiger partial charge in [-0.05, 0) is 34.1 Å². The molecule has 0 amide bonds. The number of nitrogens with two attached hydrogens (primary N) is 1. The van der Waals surface area contributed by atoms with Crippen molar-refractivity contribution in [2.45, 2.75) is 6.42 Å².